The minimum absolute atomic E-state index is 0.256. The summed E-state index contributed by atoms with van der Waals surface area (Å²) in [6, 6.07) is 12.1. The first-order chi connectivity index (χ1) is 13.9. The van der Waals surface area contributed by atoms with Gasteiger partial charge in [-0.1, -0.05) is 35.3 Å². The molecule has 1 heterocycles. The highest BCUT2D eigenvalue weighted by atomic mass is 35.5. The van der Waals surface area contributed by atoms with Gasteiger partial charge < -0.3 is 10.5 Å². The standard InChI is InChI=1S/C21H21Cl2N2O3S/c22-19-4-1-5-20(23)21(19)28-17-8-6-16(7-9-17)25(29(26,27)18-10-11-18)12-2-3-15(13-24)14-25/h1-9,14,18H,10-13,24H2/q+1. The molecule has 2 N–H and O–H groups in total. The zero-order valence-corrected chi connectivity index (χ0v) is 17.9. The molecule has 0 bridgehead atoms. The number of quaternary nitrogens is 1. The Hall–Kier alpha value is -1.83. The molecule has 1 unspecified atom stereocenters. The zero-order valence-electron chi connectivity index (χ0n) is 15.6. The monoisotopic (exact) mass is 451 g/mol. The summed E-state index contributed by atoms with van der Waals surface area (Å²) in [5.74, 6) is 0.880. The van der Waals surface area contributed by atoms with E-state index in [4.69, 9.17) is 33.7 Å². The lowest BCUT2D eigenvalue weighted by Crippen LogP contribution is -2.52. The van der Waals surface area contributed by atoms with E-state index in [2.05, 4.69) is 0 Å². The van der Waals surface area contributed by atoms with Gasteiger partial charge in [-0.05, 0) is 43.2 Å². The highest BCUT2D eigenvalue weighted by Gasteiger charge is 2.52. The second kappa shape index (κ2) is 7.78. The van der Waals surface area contributed by atoms with Gasteiger partial charge in [-0.3, -0.25) is 0 Å². The van der Waals surface area contributed by atoms with Crippen LogP contribution in [0, 0.1) is 0 Å². The Labute approximate surface area is 180 Å². The maximum atomic E-state index is 13.4. The molecule has 1 saturated carbocycles. The molecule has 29 heavy (non-hydrogen) atoms. The van der Waals surface area contributed by atoms with Crippen molar-refractivity contribution < 1.29 is 13.2 Å². The minimum atomic E-state index is -3.46. The number of nitrogens with zero attached hydrogens (tertiary/aromatic N) is 1. The molecule has 8 heteroatoms. The van der Waals surface area contributed by atoms with Crippen molar-refractivity contribution in [3.8, 4) is 11.5 Å². The van der Waals surface area contributed by atoms with Gasteiger partial charge in [-0.2, -0.15) is 12.3 Å². The van der Waals surface area contributed by atoms with E-state index in [9.17, 15) is 8.42 Å². The Morgan fingerprint density at radius 2 is 1.72 bits per heavy atom. The molecular formula is C21H21Cl2N2O3S+. The second-order valence-corrected chi connectivity index (χ2v) is 10.3. The van der Waals surface area contributed by atoms with E-state index in [0.29, 0.717) is 46.6 Å². The lowest BCUT2D eigenvalue weighted by molar-refractivity contribution is 0.481. The molecule has 0 amide bonds. The molecule has 5 nitrogen and oxygen atoms in total. The highest BCUT2D eigenvalue weighted by molar-refractivity contribution is 7.92. The number of rotatable bonds is 6. The third kappa shape index (κ3) is 3.71. The van der Waals surface area contributed by atoms with Gasteiger partial charge in [-0.15, -0.1) is 0 Å². The molecule has 4 rings (SSSR count). The summed E-state index contributed by atoms with van der Waals surface area (Å²) in [6.07, 6.45) is 6.91. The molecule has 0 radical (unpaired) electrons. The number of halogens is 2. The second-order valence-electron chi connectivity index (χ2n) is 7.15. The molecule has 0 spiro atoms. The Morgan fingerprint density at radius 1 is 1.07 bits per heavy atom. The van der Waals surface area contributed by atoms with Gasteiger partial charge >= 0.3 is 10.0 Å². The summed E-state index contributed by atoms with van der Waals surface area (Å²) in [7, 11) is -3.46. The largest absolute Gasteiger partial charge is 0.454 e. The van der Waals surface area contributed by atoms with Crippen LogP contribution in [0.3, 0.4) is 0 Å². The molecule has 0 aromatic heterocycles. The fraction of sp³-hybridized carbons (Fsp3) is 0.238. The van der Waals surface area contributed by atoms with Crippen molar-refractivity contribution in [2.24, 2.45) is 5.73 Å². The van der Waals surface area contributed by atoms with E-state index in [-0.39, 0.29) is 15.7 Å². The van der Waals surface area contributed by atoms with Gasteiger partial charge in [0.2, 0.25) is 0 Å². The summed E-state index contributed by atoms with van der Waals surface area (Å²) < 4.78 is 32.3. The van der Waals surface area contributed by atoms with Crippen LogP contribution in [0.2, 0.25) is 10.0 Å². The SMILES string of the molecule is NCC1=C[N+](c2ccc(Oc3c(Cl)cccc3Cl)cc2)(S(=O)(=O)C2CC2)CC=C1. The Morgan fingerprint density at radius 3 is 2.31 bits per heavy atom. The van der Waals surface area contributed by atoms with Crippen molar-refractivity contribution in [3.63, 3.8) is 0 Å². The normalized spacial score (nSPS) is 21.7. The highest BCUT2D eigenvalue weighted by Crippen LogP contribution is 2.42. The van der Waals surface area contributed by atoms with Crippen LogP contribution in [0.15, 0.2) is 66.4 Å². The van der Waals surface area contributed by atoms with Crippen LogP contribution >= 0.6 is 23.2 Å². The predicted molar refractivity (Wildman–Crippen MR) is 118 cm³/mol. The van der Waals surface area contributed by atoms with E-state index in [1.165, 1.54) is 0 Å². The molecule has 1 fully saturated rings. The number of nitrogens with two attached hydrogens (primary N) is 1. The lowest BCUT2D eigenvalue weighted by Gasteiger charge is -2.34. The number of hydrogen-bond donors (Lipinski definition) is 1. The molecule has 152 valence electrons. The van der Waals surface area contributed by atoms with Gasteiger partial charge in [0.25, 0.3) is 0 Å². The molecule has 1 aliphatic heterocycles. The summed E-state index contributed by atoms with van der Waals surface area (Å²) >= 11 is 12.3. The van der Waals surface area contributed by atoms with Crippen molar-refractivity contribution in [1.82, 2.24) is 3.89 Å². The quantitative estimate of drug-likeness (QED) is 0.627. The molecule has 1 atom stereocenters. The minimum Gasteiger partial charge on any atom is -0.454 e. The molecule has 2 aliphatic rings. The third-order valence-electron chi connectivity index (χ3n) is 5.13. The topological polar surface area (TPSA) is 69.4 Å². The van der Waals surface area contributed by atoms with Crippen molar-refractivity contribution in [3.05, 3.63) is 76.4 Å². The van der Waals surface area contributed by atoms with E-state index < -0.39 is 10.0 Å². The van der Waals surface area contributed by atoms with E-state index in [0.717, 1.165) is 5.57 Å². The molecular weight excluding hydrogens is 431 g/mol. The summed E-state index contributed by atoms with van der Waals surface area (Å²) in [5.41, 5.74) is 7.24. The van der Waals surface area contributed by atoms with Crippen molar-refractivity contribution in [1.29, 1.82) is 0 Å². The molecule has 0 saturated heterocycles. The molecule has 2 aromatic carbocycles. The number of ether oxygens (including phenoxy) is 1. The van der Waals surface area contributed by atoms with Gasteiger partial charge in [-0.25, -0.2) is 0 Å². The van der Waals surface area contributed by atoms with Crippen LogP contribution in [0.1, 0.15) is 12.8 Å². The summed E-state index contributed by atoms with van der Waals surface area (Å²) in [6.45, 7) is 0.613. The average molecular weight is 452 g/mol. The van der Waals surface area contributed by atoms with Gasteiger partial charge in [0, 0.05) is 24.3 Å². The first-order valence-corrected chi connectivity index (χ1v) is 11.6. The summed E-state index contributed by atoms with van der Waals surface area (Å²) in [4.78, 5) is 0. The number of para-hydroxylation sites is 1. The van der Waals surface area contributed by atoms with Crippen LogP contribution < -0.4 is 14.4 Å². The van der Waals surface area contributed by atoms with Crippen molar-refractivity contribution in [2.75, 3.05) is 13.1 Å². The number of sulfonamides is 1. The fourth-order valence-corrected chi connectivity index (χ4v) is 6.18. The van der Waals surface area contributed by atoms with Crippen LogP contribution in [0.25, 0.3) is 0 Å². The molecule has 2 aromatic rings. The zero-order chi connectivity index (χ0) is 20.6. The fourth-order valence-electron chi connectivity index (χ4n) is 3.45. The average Bonchev–Trinajstić information content (AvgIpc) is 3.57. The molecule has 1 aliphatic carbocycles. The number of benzene rings is 2. The van der Waals surface area contributed by atoms with Crippen LogP contribution in [-0.4, -0.2) is 26.8 Å². The van der Waals surface area contributed by atoms with E-state index in [1.54, 1.807) is 48.7 Å². The summed E-state index contributed by atoms with van der Waals surface area (Å²) in [5, 5.41) is 0.485. The van der Waals surface area contributed by atoms with Gasteiger partial charge in [0.1, 0.15) is 23.7 Å². The Balaban J connectivity index is 1.72. The predicted octanol–water partition coefficient (Wildman–Crippen LogP) is 5.00. The van der Waals surface area contributed by atoms with E-state index in [1.807, 2.05) is 12.2 Å². The van der Waals surface area contributed by atoms with Crippen molar-refractivity contribution >= 4 is 38.9 Å². The van der Waals surface area contributed by atoms with Gasteiger partial charge in [0.05, 0.1) is 10.0 Å². The maximum Gasteiger partial charge on any atom is 0.309 e. The van der Waals surface area contributed by atoms with Gasteiger partial charge in [0.15, 0.2) is 11.4 Å². The van der Waals surface area contributed by atoms with Crippen LogP contribution in [0.5, 0.6) is 11.5 Å². The smallest absolute Gasteiger partial charge is 0.309 e. The Kier molecular flexibility index (Phi) is 5.48. The van der Waals surface area contributed by atoms with Crippen molar-refractivity contribution in [2.45, 2.75) is 18.1 Å². The third-order valence-corrected chi connectivity index (χ3v) is 8.41. The first-order valence-electron chi connectivity index (χ1n) is 9.30. The Bertz CT molecular complexity index is 1070. The van der Waals surface area contributed by atoms with Crippen LogP contribution in [0.4, 0.5) is 5.69 Å². The van der Waals surface area contributed by atoms with E-state index >= 15 is 0 Å². The lowest BCUT2D eigenvalue weighted by atomic mass is 10.2. The van der Waals surface area contributed by atoms with Crippen LogP contribution in [-0.2, 0) is 10.0 Å². The first kappa shape index (κ1) is 20.4. The number of hydrogen-bond acceptors (Lipinski definition) is 4. The maximum absolute atomic E-state index is 13.4.